The van der Waals surface area contributed by atoms with Gasteiger partial charge in [-0.25, -0.2) is 4.79 Å². The summed E-state index contributed by atoms with van der Waals surface area (Å²) in [5.41, 5.74) is 2.52. The summed E-state index contributed by atoms with van der Waals surface area (Å²) < 4.78 is 9.99. The van der Waals surface area contributed by atoms with E-state index in [1.807, 2.05) is 24.0 Å². The first-order valence-corrected chi connectivity index (χ1v) is 13.2. The molecule has 2 aliphatic rings. The van der Waals surface area contributed by atoms with E-state index < -0.39 is 18.2 Å². The molecular weight excluding hydrogens is 470 g/mol. The minimum atomic E-state index is -0.791. The molecule has 0 spiro atoms. The van der Waals surface area contributed by atoms with Crippen molar-refractivity contribution in [1.82, 2.24) is 15.1 Å². The third kappa shape index (κ3) is 7.17. The van der Waals surface area contributed by atoms with Crippen molar-refractivity contribution in [2.45, 2.75) is 44.9 Å². The van der Waals surface area contributed by atoms with Gasteiger partial charge >= 0.3 is 5.97 Å². The number of nitrogens with zero attached hydrogens (tertiary/aromatic N) is 2. The van der Waals surface area contributed by atoms with E-state index in [9.17, 15) is 14.4 Å². The van der Waals surface area contributed by atoms with Gasteiger partial charge in [0, 0.05) is 39.1 Å². The summed E-state index contributed by atoms with van der Waals surface area (Å²) in [6.45, 7) is 7.46. The SMILES string of the molecule is CCOC(=O)C1OC1C(=O)NCCC(C)CC(=O)N1CCN(C(c2ccccc2)c2ccccc2)CC1. The van der Waals surface area contributed by atoms with E-state index in [1.165, 1.54) is 11.1 Å². The maximum atomic E-state index is 13.0. The molecule has 2 aliphatic heterocycles. The quantitative estimate of drug-likeness (QED) is 0.372. The third-order valence-electron chi connectivity index (χ3n) is 6.99. The Morgan fingerprint density at radius 3 is 2.11 bits per heavy atom. The number of amides is 2. The van der Waals surface area contributed by atoms with E-state index in [0.717, 1.165) is 13.1 Å². The number of hydrogen-bond acceptors (Lipinski definition) is 6. The molecule has 0 saturated carbocycles. The molecule has 0 aromatic heterocycles. The van der Waals surface area contributed by atoms with Crippen LogP contribution in [-0.4, -0.2) is 79.1 Å². The Labute approximate surface area is 218 Å². The smallest absolute Gasteiger partial charge is 0.338 e. The summed E-state index contributed by atoms with van der Waals surface area (Å²) in [4.78, 5) is 41.1. The number of esters is 1. The van der Waals surface area contributed by atoms with Gasteiger partial charge < -0.3 is 19.7 Å². The average molecular weight is 508 g/mol. The third-order valence-corrected chi connectivity index (χ3v) is 6.99. The Balaban J connectivity index is 1.21. The molecule has 0 bridgehead atoms. The Kier molecular flexibility index (Phi) is 9.30. The van der Waals surface area contributed by atoms with Crippen molar-refractivity contribution in [2.24, 2.45) is 5.92 Å². The molecule has 37 heavy (non-hydrogen) atoms. The van der Waals surface area contributed by atoms with Gasteiger partial charge in [-0.3, -0.25) is 14.5 Å². The van der Waals surface area contributed by atoms with Gasteiger partial charge in [0.2, 0.25) is 5.91 Å². The van der Waals surface area contributed by atoms with Crippen LogP contribution in [0.1, 0.15) is 43.9 Å². The highest BCUT2D eigenvalue weighted by molar-refractivity contribution is 5.92. The molecule has 8 nitrogen and oxygen atoms in total. The van der Waals surface area contributed by atoms with Gasteiger partial charge in [-0.15, -0.1) is 0 Å². The molecule has 2 aromatic rings. The molecule has 0 radical (unpaired) electrons. The molecule has 2 fully saturated rings. The number of rotatable bonds is 11. The lowest BCUT2D eigenvalue weighted by atomic mass is 9.96. The zero-order chi connectivity index (χ0) is 26.2. The van der Waals surface area contributed by atoms with Gasteiger partial charge in [0.1, 0.15) is 0 Å². The van der Waals surface area contributed by atoms with Crippen LogP contribution >= 0.6 is 0 Å². The summed E-state index contributed by atoms with van der Waals surface area (Å²) in [7, 11) is 0. The fourth-order valence-corrected chi connectivity index (χ4v) is 4.90. The fourth-order valence-electron chi connectivity index (χ4n) is 4.90. The van der Waals surface area contributed by atoms with E-state index in [4.69, 9.17) is 9.47 Å². The van der Waals surface area contributed by atoms with Crippen molar-refractivity contribution in [1.29, 1.82) is 0 Å². The van der Waals surface area contributed by atoms with Gasteiger partial charge in [0.25, 0.3) is 5.91 Å². The van der Waals surface area contributed by atoms with Crippen LogP contribution in [0.15, 0.2) is 60.7 Å². The van der Waals surface area contributed by atoms with Crippen LogP contribution < -0.4 is 5.32 Å². The maximum Gasteiger partial charge on any atom is 0.338 e. The zero-order valence-electron chi connectivity index (χ0n) is 21.7. The van der Waals surface area contributed by atoms with E-state index in [-0.39, 0.29) is 30.4 Å². The fraction of sp³-hybridized carbons (Fsp3) is 0.483. The van der Waals surface area contributed by atoms with Crippen LogP contribution in [0.5, 0.6) is 0 Å². The first-order valence-electron chi connectivity index (χ1n) is 13.2. The topological polar surface area (TPSA) is 91.5 Å². The minimum Gasteiger partial charge on any atom is -0.464 e. The van der Waals surface area contributed by atoms with Crippen LogP contribution in [0.3, 0.4) is 0 Å². The van der Waals surface area contributed by atoms with Crippen molar-refractivity contribution >= 4 is 17.8 Å². The normalized spacial score (nSPS) is 20.4. The molecule has 1 N–H and O–H groups in total. The summed E-state index contributed by atoms with van der Waals surface area (Å²) >= 11 is 0. The van der Waals surface area contributed by atoms with Crippen LogP contribution in [0.2, 0.25) is 0 Å². The van der Waals surface area contributed by atoms with Gasteiger partial charge in [0.15, 0.2) is 12.2 Å². The Hall–Kier alpha value is -3.23. The molecule has 3 unspecified atom stereocenters. The Bertz CT molecular complexity index is 1000. The van der Waals surface area contributed by atoms with Crippen LogP contribution in [0.25, 0.3) is 0 Å². The largest absolute Gasteiger partial charge is 0.464 e. The van der Waals surface area contributed by atoms with E-state index in [0.29, 0.717) is 32.5 Å². The number of carbonyl (C=O) groups excluding carboxylic acids is 3. The Morgan fingerprint density at radius 2 is 1.54 bits per heavy atom. The van der Waals surface area contributed by atoms with Gasteiger partial charge in [-0.2, -0.15) is 0 Å². The number of nitrogens with one attached hydrogen (secondary N) is 1. The molecular formula is C29H37N3O5. The highest BCUT2D eigenvalue weighted by atomic mass is 16.6. The van der Waals surface area contributed by atoms with E-state index in [1.54, 1.807) is 6.92 Å². The van der Waals surface area contributed by atoms with Gasteiger partial charge in [-0.1, -0.05) is 67.6 Å². The molecule has 3 atom stereocenters. The standard InChI is InChI=1S/C29H37N3O5/c1-3-36-29(35)27-26(37-27)28(34)30-15-14-21(2)20-24(33)31-16-18-32(19-17-31)25(22-10-6-4-7-11-22)23-12-8-5-9-13-23/h4-13,21,25-27H,3,14-20H2,1-2H3,(H,30,34). The summed E-state index contributed by atoms with van der Waals surface area (Å²) in [5, 5.41) is 2.80. The lowest BCUT2D eigenvalue weighted by Crippen LogP contribution is -2.50. The maximum absolute atomic E-state index is 13.0. The van der Waals surface area contributed by atoms with Crippen LogP contribution in [0.4, 0.5) is 0 Å². The summed E-state index contributed by atoms with van der Waals surface area (Å²) in [6, 6.07) is 21.2. The van der Waals surface area contributed by atoms with Crippen molar-refractivity contribution in [3.05, 3.63) is 71.8 Å². The van der Waals surface area contributed by atoms with Crippen molar-refractivity contribution in [2.75, 3.05) is 39.3 Å². The van der Waals surface area contributed by atoms with Gasteiger partial charge in [-0.05, 0) is 30.4 Å². The molecule has 4 rings (SSSR count). The number of ether oxygens (including phenoxy) is 2. The molecule has 2 heterocycles. The van der Waals surface area contributed by atoms with E-state index >= 15 is 0 Å². The summed E-state index contributed by atoms with van der Waals surface area (Å²) in [5.74, 6) is -0.518. The first-order chi connectivity index (χ1) is 18.0. The zero-order valence-corrected chi connectivity index (χ0v) is 21.7. The first kappa shape index (κ1) is 26.8. The number of epoxide rings is 1. The molecule has 198 valence electrons. The monoisotopic (exact) mass is 507 g/mol. The number of piperazine rings is 1. The predicted octanol–water partition coefficient (Wildman–Crippen LogP) is 2.78. The van der Waals surface area contributed by atoms with Gasteiger partial charge in [0.05, 0.1) is 12.6 Å². The lowest BCUT2D eigenvalue weighted by molar-refractivity contribution is -0.144. The van der Waals surface area contributed by atoms with E-state index in [2.05, 4.69) is 58.7 Å². The molecule has 2 saturated heterocycles. The number of benzene rings is 2. The minimum absolute atomic E-state index is 0.133. The van der Waals surface area contributed by atoms with Crippen molar-refractivity contribution in [3.8, 4) is 0 Å². The average Bonchev–Trinajstić information content (AvgIpc) is 3.72. The molecule has 0 aliphatic carbocycles. The second kappa shape index (κ2) is 12.8. The van der Waals surface area contributed by atoms with Crippen LogP contribution in [0, 0.1) is 5.92 Å². The second-order valence-corrected chi connectivity index (χ2v) is 9.76. The van der Waals surface area contributed by atoms with Crippen molar-refractivity contribution in [3.63, 3.8) is 0 Å². The molecule has 2 amide bonds. The highest BCUT2D eigenvalue weighted by Crippen LogP contribution is 2.29. The number of carbonyl (C=O) groups is 3. The molecule has 2 aromatic carbocycles. The molecule has 8 heteroatoms. The second-order valence-electron chi connectivity index (χ2n) is 9.76. The number of hydrogen-bond donors (Lipinski definition) is 1. The Morgan fingerprint density at radius 1 is 0.946 bits per heavy atom. The van der Waals surface area contributed by atoms with Crippen LogP contribution in [-0.2, 0) is 23.9 Å². The highest BCUT2D eigenvalue weighted by Gasteiger charge is 2.51. The predicted molar refractivity (Wildman–Crippen MR) is 140 cm³/mol. The lowest BCUT2D eigenvalue weighted by Gasteiger charge is -2.40. The van der Waals surface area contributed by atoms with Crippen molar-refractivity contribution < 1.29 is 23.9 Å². The summed E-state index contributed by atoms with van der Waals surface area (Å²) in [6.07, 6.45) is -0.427.